The quantitative estimate of drug-likeness (QED) is 0.289. The number of primary amides is 1. The van der Waals surface area contributed by atoms with E-state index in [-0.39, 0.29) is 38.9 Å². The van der Waals surface area contributed by atoms with Gasteiger partial charge in [-0.25, -0.2) is 9.97 Å². The van der Waals surface area contributed by atoms with E-state index in [1.165, 1.54) is 46.9 Å². The minimum Gasteiger partial charge on any atom is -0.506 e. The van der Waals surface area contributed by atoms with E-state index in [2.05, 4.69) is 15.3 Å². The molecular weight excluding hydrogens is 568 g/mol. The van der Waals surface area contributed by atoms with E-state index in [0.717, 1.165) is 0 Å². The van der Waals surface area contributed by atoms with Crippen molar-refractivity contribution >= 4 is 57.6 Å². The van der Waals surface area contributed by atoms with Crippen LogP contribution in [0.15, 0.2) is 35.5 Å². The van der Waals surface area contributed by atoms with Gasteiger partial charge in [-0.05, 0) is 17.7 Å². The number of benzene rings is 1. The summed E-state index contributed by atoms with van der Waals surface area (Å²) < 4.78 is 22.5. The minimum absolute atomic E-state index is 0.0256. The normalized spacial score (nSPS) is 13.6. The molecule has 208 valence electrons. The first-order valence-corrected chi connectivity index (χ1v) is 12.7. The number of ether oxygens (including phenoxy) is 1. The van der Waals surface area contributed by atoms with Crippen LogP contribution in [0.5, 0.6) is 5.75 Å². The van der Waals surface area contributed by atoms with E-state index in [1.807, 2.05) is 4.90 Å². The van der Waals surface area contributed by atoms with Crippen LogP contribution in [0.2, 0.25) is 10.0 Å². The molecule has 4 aromatic rings. The fourth-order valence-corrected chi connectivity index (χ4v) is 4.79. The Kier molecular flexibility index (Phi) is 7.36. The molecule has 4 heterocycles. The zero-order valence-electron chi connectivity index (χ0n) is 20.9. The number of carbonyl (C=O) groups is 2. The van der Waals surface area contributed by atoms with Gasteiger partial charge in [0, 0.05) is 38.0 Å². The largest absolute Gasteiger partial charge is 0.506 e. The lowest BCUT2D eigenvalue weighted by Crippen LogP contribution is -2.37. The number of hydrogen-bond acceptors (Lipinski definition) is 8. The molecule has 1 saturated heterocycles. The fourth-order valence-electron chi connectivity index (χ4n) is 4.42. The van der Waals surface area contributed by atoms with Crippen molar-refractivity contribution in [2.45, 2.75) is 6.54 Å². The number of amides is 2. The van der Waals surface area contributed by atoms with Crippen molar-refractivity contribution in [1.29, 1.82) is 0 Å². The Bertz CT molecular complexity index is 1730. The van der Waals surface area contributed by atoms with Crippen LogP contribution in [0, 0.1) is 5.95 Å². The van der Waals surface area contributed by atoms with Crippen LogP contribution in [0.4, 0.5) is 15.9 Å². The van der Waals surface area contributed by atoms with E-state index in [9.17, 15) is 23.9 Å². The first-order valence-electron chi connectivity index (χ1n) is 11.9. The van der Waals surface area contributed by atoms with E-state index in [0.29, 0.717) is 43.2 Å². The first-order chi connectivity index (χ1) is 19.0. The third kappa shape index (κ3) is 5.06. The molecule has 1 fully saturated rings. The van der Waals surface area contributed by atoms with Crippen molar-refractivity contribution in [3.05, 3.63) is 62.6 Å². The van der Waals surface area contributed by atoms with Gasteiger partial charge < -0.3 is 34.9 Å². The van der Waals surface area contributed by atoms with Gasteiger partial charge in [0.2, 0.25) is 11.9 Å². The van der Waals surface area contributed by atoms with Gasteiger partial charge in [-0.3, -0.25) is 14.4 Å². The highest BCUT2D eigenvalue weighted by atomic mass is 35.5. The molecule has 1 aliphatic rings. The summed E-state index contributed by atoms with van der Waals surface area (Å²) in [4.78, 5) is 48.1. The van der Waals surface area contributed by atoms with Crippen LogP contribution in [0.25, 0.3) is 22.2 Å². The molecule has 0 radical (unpaired) electrons. The van der Waals surface area contributed by atoms with E-state index >= 15 is 0 Å². The number of rotatable bonds is 6. The van der Waals surface area contributed by atoms with Gasteiger partial charge in [0.1, 0.15) is 28.8 Å². The van der Waals surface area contributed by atoms with Crippen molar-refractivity contribution < 1.29 is 23.8 Å². The van der Waals surface area contributed by atoms with Crippen LogP contribution in [-0.4, -0.2) is 62.3 Å². The van der Waals surface area contributed by atoms with Gasteiger partial charge in [-0.15, -0.1) is 0 Å². The molecule has 15 heteroatoms. The molecule has 40 heavy (non-hydrogen) atoms. The number of morpholine rings is 1. The molecule has 0 bridgehead atoms. The first kappa shape index (κ1) is 27.4. The second-order valence-electron chi connectivity index (χ2n) is 9.03. The number of hydrogen-bond donors (Lipinski definition) is 3. The number of aryl methyl sites for hydroxylation is 1. The summed E-state index contributed by atoms with van der Waals surface area (Å²) in [6.45, 7) is 1.57. The maximum absolute atomic E-state index is 14.5. The number of nitrogens with one attached hydrogen (secondary N) is 1. The molecule has 5 rings (SSSR count). The summed E-state index contributed by atoms with van der Waals surface area (Å²) >= 11 is 12.2. The van der Waals surface area contributed by atoms with Crippen LogP contribution < -0.4 is 21.5 Å². The molecule has 12 nitrogen and oxygen atoms in total. The Hall–Kier alpha value is -4.20. The van der Waals surface area contributed by atoms with Gasteiger partial charge in [-0.1, -0.05) is 23.2 Å². The van der Waals surface area contributed by atoms with Crippen LogP contribution in [-0.2, 0) is 23.1 Å². The minimum atomic E-state index is -0.936. The zero-order chi connectivity index (χ0) is 28.7. The predicted molar refractivity (Wildman–Crippen MR) is 146 cm³/mol. The number of nitrogens with two attached hydrogens (primary N) is 1. The van der Waals surface area contributed by atoms with Gasteiger partial charge >= 0.3 is 0 Å². The number of phenols is 1. The smallest absolute Gasteiger partial charge is 0.263 e. The molecule has 1 aromatic carbocycles. The molecule has 0 unspecified atom stereocenters. The van der Waals surface area contributed by atoms with Gasteiger partial charge in [0.25, 0.3) is 11.5 Å². The summed E-state index contributed by atoms with van der Waals surface area (Å²) in [5.41, 5.74) is 5.48. The van der Waals surface area contributed by atoms with Crippen LogP contribution >= 0.6 is 23.2 Å². The SMILES string of the molecule is Cn1cnc2c(c(-c3cc(Cl)c(O)c(C(N)=O)c3)cn2CC(=O)Nc2cc(N3CCOCC3)nc(F)c2Cl)c1=O. The molecular formula is C25H22Cl2FN7O5. The van der Waals surface area contributed by atoms with Crippen molar-refractivity contribution in [3.63, 3.8) is 0 Å². The molecule has 0 saturated carbocycles. The number of halogens is 3. The molecule has 0 atom stereocenters. The van der Waals surface area contributed by atoms with Crippen molar-refractivity contribution in [3.8, 4) is 16.9 Å². The monoisotopic (exact) mass is 589 g/mol. The maximum atomic E-state index is 14.5. The highest BCUT2D eigenvalue weighted by Gasteiger charge is 2.22. The molecule has 3 aromatic heterocycles. The van der Waals surface area contributed by atoms with Crippen molar-refractivity contribution in [2.24, 2.45) is 12.8 Å². The fraction of sp³-hybridized carbons (Fsp3) is 0.240. The highest BCUT2D eigenvalue weighted by Crippen LogP contribution is 2.36. The van der Waals surface area contributed by atoms with Gasteiger partial charge in [-0.2, -0.15) is 4.39 Å². The lowest BCUT2D eigenvalue weighted by Gasteiger charge is -2.28. The second-order valence-corrected chi connectivity index (χ2v) is 9.81. The Morgan fingerprint density at radius 1 is 1.23 bits per heavy atom. The third-order valence-corrected chi connectivity index (χ3v) is 7.05. The second kappa shape index (κ2) is 10.8. The number of anilines is 2. The standard InChI is InChI=1S/C25H22Cl2FN7O5/c1-33-11-30-24-19(25(33)39)14(12-6-13(23(29)38)21(37)15(26)7-12)9-35(24)10-18(36)31-16-8-17(32-22(28)20(16)27)34-2-4-40-5-3-34/h6-9,11,37H,2-5,10H2,1H3,(H2,29,38)(H,31,32,36). The van der Waals surface area contributed by atoms with Crippen molar-refractivity contribution in [1.82, 2.24) is 19.1 Å². The average molecular weight is 590 g/mol. The maximum Gasteiger partial charge on any atom is 0.263 e. The number of fused-ring (bicyclic) bond motifs is 1. The van der Waals surface area contributed by atoms with Gasteiger partial charge in [0.05, 0.1) is 41.2 Å². The van der Waals surface area contributed by atoms with Crippen molar-refractivity contribution in [2.75, 3.05) is 36.5 Å². The molecule has 2 amide bonds. The van der Waals surface area contributed by atoms with E-state index in [1.54, 1.807) is 0 Å². The third-order valence-electron chi connectivity index (χ3n) is 6.40. The highest BCUT2D eigenvalue weighted by molar-refractivity contribution is 6.34. The van der Waals surface area contributed by atoms with Crippen LogP contribution in [0.1, 0.15) is 10.4 Å². The van der Waals surface area contributed by atoms with Crippen LogP contribution in [0.3, 0.4) is 0 Å². The van der Waals surface area contributed by atoms with E-state index < -0.39 is 29.1 Å². The Balaban J connectivity index is 1.52. The number of carbonyl (C=O) groups excluding carboxylic acids is 2. The lowest BCUT2D eigenvalue weighted by atomic mass is 10.0. The summed E-state index contributed by atoms with van der Waals surface area (Å²) in [5.74, 6) is -2.64. The Labute approximate surface area is 235 Å². The predicted octanol–water partition coefficient (Wildman–Crippen LogP) is 2.52. The summed E-state index contributed by atoms with van der Waals surface area (Å²) in [6.07, 6.45) is 2.78. The summed E-state index contributed by atoms with van der Waals surface area (Å²) in [5, 5.41) is 12.4. The Morgan fingerprint density at radius 2 is 1.95 bits per heavy atom. The summed E-state index contributed by atoms with van der Waals surface area (Å²) in [7, 11) is 1.51. The number of pyridine rings is 1. The number of nitrogens with zero attached hydrogens (tertiary/aromatic N) is 5. The van der Waals surface area contributed by atoms with Gasteiger partial charge in [0.15, 0.2) is 0 Å². The number of aromatic hydroxyl groups is 1. The topological polar surface area (TPSA) is 158 Å². The molecule has 0 aliphatic carbocycles. The molecule has 0 spiro atoms. The summed E-state index contributed by atoms with van der Waals surface area (Å²) in [6, 6.07) is 4.13. The molecule has 1 aliphatic heterocycles. The average Bonchev–Trinajstić information content (AvgIpc) is 3.29. The zero-order valence-corrected chi connectivity index (χ0v) is 22.5. The Morgan fingerprint density at radius 3 is 2.65 bits per heavy atom. The molecule has 4 N–H and O–H groups in total. The number of aromatic nitrogens is 4. The van der Waals surface area contributed by atoms with E-state index in [4.69, 9.17) is 33.7 Å². The lowest BCUT2D eigenvalue weighted by molar-refractivity contribution is -0.116.